The third-order valence-electron chi connectivity index (χ3n) is 5.24. The predicted octanol–water partition coefficient (Wildman–Crippen LogP) is 4.66. The van der Waals surface area contributed by atoms with Gasteiger partial charge in [-0.3, -0.25) is 4.79 Å². The van der Waals surface area contributed by atoms with Gasteiger partial charge in [0, 0.05) is 24.7 Å². The van der Waals surface area contributed by atoms with Crippen LogP contribution in [0.15, 0.2) is 42.5 Å². The van der Waals surface area contributed by atoms with Gasteiger partial charge in [0.05, 0.1) is 25.6 Å². The Bertz CT molecular complexity index is 1050. The number of hydrogen-bond donors (Lipinski definition) is 0. The van der Waals surface area contributed by atoms with Crippen molar-refractivity contribution in [1.82, 2.24) is 14.7 Å². The molecular formula is C24H29N3O3. The number of carbonyl (C=O) groups is 1. The number of rotatable bonds is 7. The van der Waals surface area contributed by atoms with Crippen LogP contribution >= 0.6 is 0 Å². The third-order valence-corrected chi connectivity index (χ3v) is 5.24. The van der Waals surface area contributed by atoms with Gasteiger partial charge < -0.3 is 14.4 Å². The molecule has 0 saturated heterocycles. The van der Waals surface area contributed by atoms with Crippen molar-refractivity contribution in [2.75, 3.05) is 27.3 Å². The van der Waals surface area contributed by atoms with Crippen molar-refractivity contribution in [3.8, 4) is 28.4 Å². The van der Waals surface area contributed by atoms with Gasteiger partial charge in [-0.15, -0.1) is 0 Å². The Balaban J connectivity index is 2.21. The molecular weight excluding hydrogens is 378 g/mol. The number of aromatic nitrogens is 2. The van der Waals surface area contributed by atoms with E-state index in [9.17, 15) is 4.79 Å². The third kappa shape index (κ3) is 4.03. The van der Waals surface area contributed by atoms with Gasteiger partial charge in [0.25, 0.3) is 5.91 Å². The van der Waals surface area contributed by atoms with Crippen LogP contribution in [0.4, 0.5) is 0 Å². The number of benzene rings is 2. The summed E-state index contributed by atoms with van der Waals surface area (Å²) in [7, 11) is 3.23. The molecule has 3 aromatic rings. The SMILES string of the molecule is CCN(CC)C(=O)c1cc(-c2ccc(OC)cc2OC)nn1-c1ccc(C)cc1C. The van der Waals surface area contributed by atoms with Gasteiger partial charge in [0.1, 0.15) is 17.2 Å². The van der Waals surface area contributed by atoms with E-state index in [4.69, 9.17) is 14.6 Å². The monoisotopic (exact) mass is 407 g/mol. The van der Waals surface area contributed by atoms with Gasteiger partial charge in [-0.2, -0.15) is 5.10 Å². The second-order valence-corrected chi connectivity index (χ2v) is 7.16. The largest absolute Gasteiger partial charge is 0.497 e. The van der Waals surface area contributed by atoms with Gasteiger partial charge in [-0.1, -0.05) is 17.7 Å². The molecule has 0 bridgehead atoms. The van der Waals surface area contributed by atoms with E-state index in [1.165, 1.54) is 0 Å². The maximum atomic E-state index is 13.3. The lowest BCUT2D eigenvalue weighted by Crippen LogP contribution is -2.32. The van der Waals surface area contributed by atoms with E-state index in [1.807, 2.05) is 57.2 Å². The van der Waals surface area contributed by atoms with Crippen molar-refractivity contribution in [3.05, 3.63) is 59.3 Å². The molecule has 0 aliphatic heterocycles. The Morgan fingerprint density at radius 3 is 2.33 bits per heavy atom. The summed E-state index contributed by atoms with van der Waals surface area (Å²) in [6.07, 6.45) is 0. The number of aryl methyl sites for hydroxylation is 2. The summed E-state index contributed by atoms with van der Waals surface area (Å²) in [5.41, 5.74) is 5.10. The summed E-state index contributed by atoms with van der Waals surface area (Å²) in [5, 5.41) is 4.83. The van der Waals surface area contributed by atoms with E-state index in [0.717, 1.165) is 22.4 Å². The fourth-order valence-electron chi connectivity index (χ4n) is 3.57. The van der Waals surface area contributed by atoms with Crippen molar-refractivity contribution in [1.29, 1.82) is 0 Å². The molecule has 1 aromatic heterocycles. The molecule has 1 amide bonds. The lowest BCUT2D eigenvalue weighted by atomic mass is 10.1. The summed E-state index contributed by atoms with van der Waals surface area (Å²) in [6.45, 7) is 9.31. The summed E-state index contributed by atoms with van der Waals surface area (Å²) in [6, 6.07) is 13.5. The number of nitrogens with zero attached hydrogens (tertiary/aromatic N) is 3. The van der Waals surface area contributed by atoms with Crippen LogP contribution in [0.2, 0.25) is 0 Å². The van der Waals surface area contributed by atoms with Crippen LogP contribution in [-0.2, 0) is 0 Å². The zero-order valence-corrected chi connectivity index (χ0v) is 18.5. The first-order valence-electron chi connectivity index (χ1n) is 10.1. The standard InChI is InChI=1S/C24H29N3O3/c1-7-26(8-2)24(28)22-15-20(19-11-10-18(29-5)14-23(19)30-6)25-27(22)21-12-9-16(3)13-17(21)4/h9-15H,7-8H2,1-6H3. The molecule has 0 saturated carbocycles. The molecule has 0 unspecified atom stereocenters. The number of amides is 1. The minimum Gasteiger partial charge on any atom is -0.497 e. The summed E-state index contributed by atoms with van der Waals surface area (Å²) in [4.78, 5) is 15.1. The van der Waals surface area contributed by atoms with Crippen LogP contribution < -0.4 is 9.47 Å². The van der Waals surface area contributed by atoms with Gasteiger partial charge >= 0.3 is 0 Å². The van der Waals surface area contributed by atoms with Gasteiger partial charge in [0.15, 0.2) is 0 Å². The highest BCUT2D eigenvalue weighted by Crippen LogP contribution is 2.34. The van der Waals surface area contributed by atoms with Gasteiger partial charge in [-0.05, 0) is 57.5 Å². The highest BCUT2D eigenvalue weighted by Gasteiger charge is 2.23. The van der Waals surface area contributed by atoms with Crippen molar-refractivity contribution < 1.29 is 14.3 Å². The molecule has 0 atom stereocenters. The second-order valence-electron chi connectivity index (χ2n) is 7.16. The summed E-state index contributed by atoms with van der Waals surface area (Å²) < 4.78 is 12.6. The van der Waals surface area contributed by atoms with Gasteiger partial charge in [-0.25, -0.2) is 4.68 Å². The van der Waals surface area contributed by atoms with Crippen LogP contribution in [0.3, 0.4) is 0 Å². The predicted molar refractivity (Wildman–Crippen MR) is 119 cm³/mol. The lowest BCUT2D eigenvalue weighted by Gasteiger charge is -2.19. The number of ether oxygens (including phenoxy) is 2. The maximum absolute atomic E-state index is 13.3. The van der Waals surface area contributed by atoms with E-state index >= 15 is 0 Å². The Morgan fingerprint density at radius 1 is 1.00 bits per heavy atom. The fourth-order valence-corrected chi connectivity index (χ4v) is 3.57. The molecule has 0 spiro atoms. The smallest absolute Gasteiger partial charge is 0.272 e. The molecule has 1 heterocycles. The van der Waals surface area contributed by atoms with Crippen LogP contribution in [0.5, 0.6) is 11.5 Å². The second kappa shape index (κ2) is 9.03. The van der Waals surface area contributed by atoms with Crippen LogP contribution in [-0.4, -0.2) is 47.9 Å². The Kier molecular flexibility index (Phi) is 6.45. The quantitative estimate of drug-likeness (QED) is 0.572. The normalized spacial score (nSPS) is 10.7. The van der Waals surface area contributed by atoms with Crippen molar-refractivity contribution in [2.24, 2.45) is 0 Å². The first kappa shape index (κ1) is 21.4. The molecule has 0 aliphatic rings. The minimum atomic E-state index is -0.0498. The Labute approximate surface area is 178 Å². The number of carbonyl (C=O) groups excluding carboxylic acids is 1. The zero-order valence-electron chi connectivity index (χ0n) is 18.5. The zero-order chi connectivity index (χ0) is 21.8. The average molecular weight is 408 g/mol. The van der Waals surface area contributed by atoms with Crippen LogP contribution in [0.25, 0.3) is 16.9 Å². The molecule has 0 fully saturated rings. The lowest BCUT2D eigenvalue weighted by molar-refractivity contribution is 0.0764. The molecule has 0 aliphatic carbocycles. The molecule has 0 radical (unpaired) electrons. The maximum Gasteiger partial charge on any atom is 0.272 e. The highest BCUT2D eigenvalue weighted by molar-refractivity contribution is 5.94. The molecule has 6 nitrogen and oxygen atoms in total. The first-order chi connectivity index (χ1) is 14.4. The van der Waals surface area contributed by atoms with E-state index in [0.29, 0.717) is 36.0 Å². The van der Waals surface area contributed by atoms with E-state index in [2.05, 4.69) is 13.0 Å². The van der Waals surface area contributed by atoms with Crippen molar-refractivity contribution in [3.63, 3.8) is 0 Å². The summed E-state index contributed by atoms with van der Waals surface area (Å²) in [5.74, 6) is 1.29. The minimum absolute atomic E-state index is 0.0498. The molecule has 2 aromatic carbocycles. The van der Waals surface area contributed by atoms with Crippen LogP contribution in [0.1, 0.15) is 35.5 Å². The molecule has 3 rings (SSSR count). The Morgan fingerprint density at radius 2 is 1.73 bits per heavy atom. The number of hydrogen-bond acceptors (Lipinski definition) is 4. The average Bonchev–Trinajstić information content (AvgIpc) is 3.18. The highest BCUT2D eigenvalue weighted by atomic mass is 16.5. The first-order valence-corrected chi connectivity index (χ1v) is 10.1. The van der Waals surface area contributed by atoms with E-state index in [1.54, 1.807) is 23.8 Å². The van der Waals surface area contributed by atoms with Crippen molar-refractivity contribution in [2.45, 2.75) is 27.7 Å². The summed E-state index contributed by atoms with van der Waals surface area (Å²) >= 11 is 0. The topological polar surface area (TPSA) is 56.6 Å². The van der Waals surface area contributed by atoms with Gasteiger partial charge in [0.2, 0.25) is 0 Å². The molecule has 6 heteroatoms. The van der Waals surface area contributed by atoms with E-state index < -0.39 is 0 Å². The van der Waals surface area contributed by atoms with Crippen molar-refractivity contribution >= 4 is 5.91 Å². The van der Waals surface area contributed by atoms with E-state index in [-0.39, 0.29) is 5.91 Å². The molecule has 0 N–H and O–H groups in total. The molecule has 30 heavy (non-hydrogen) atoms. The molecule has 158 valence electrons. The fraction of sp³-hybridized carbons (Fsp3) is 0.333. The Hall–Kier alpha value is -3.28. The number of methoxy groups -OCH3 is 2. The van der Waals surface area contributed by atoms with Crippen LogP contribution in [0, 0.1) is 13.8 Å².